The number of anilines is 2. The molecule has 158 valence electrons. The van der Waals surface area contributed by atoms with Gasteiger partial charge in [-0.15, -0.1) is 0 Å². The molecule has 7 heteroatoms. The van der Waals surface area contributed by atoms with Crippen molar-refractivity contribution in [3.63, 3.8) is 0 Å². The zero-order valence-corrected chi connectivity index (χ0v) is 17.4. The van der Waals surface area contributed by atoms with Gasteiger partial charge in [0.05, 0.1) is 37.8 Å². The second-order valence-corrected chi connectivity index (χ2v) is 8.00. The lowest BCUT2D eigenvalue weighted by Gasteiger charge is -2.36. The maximum atomic E-state index is 13.5. The summed E-state index contributed by atoms with van der Waals surface area (Å²) in [4.78, 5) is 42.9. The zero-order chi connectivity index (χ0) is 21.9. The summed E-state index contributed by atoms with van der Waals surface area (Å²) in [6, 6.07) is 11.3. The highest BCUT2D eigenvalue weighted by atomic mass is 16.5. The lowest BCUT2D eigenvalue weighted by Crippen LogP contribution is -2.48. The van der Waals surface area contributed by atoms with Crippen LogP contribution in [0.2, 0.25) is 0 Å². The number of fused-ring (bicyclic) bond motifs is 5. The highest BCUT2D eigenvalue weighted by molar-refractivity contribution is 6.24. The van der Waals surface area contributed by atoms with E-state index in [2.05, 4.69) is 0 Å². The van der Waals surface area contributed by atoms with Crippen molar-refractivity contribution in [2.75, 3.05) is 24.0 Å². The Morgan fingerprint density at radius 3 is 2.19 bits per heavy atom. The van der Waals surface area contributed by atoms with Crippen LogP contribution in [0.25, 0.3) is 6.08 Å². The molecule has 2 fully saturated rings. The van der Waals surface area contributed by atoms with Gasteiger partial charge in [0, 0.05) is 11.3 Å². The summed E-state index contributed by atoms with van der Waals surface area (Å²) in [5.41, 5.74) is 2.22. The molecule has 2 saturated heterocycles. The van der Waals surface area contributed by atoms with E-state index in [4.69, 9.17) is 9.47 Å². The number of amides is 2. The first-order valence-corrected chi connectivity index (χ1v) is 10.1. The molecule has 7 nitrogen and oxygen atoms in total. The molecule has 2 amide bonds. The molecule has 0 aliphatic carbocycles. The van der Waals surface area contributed by atoms with Crippen LogP contribution >= 0.6 is 0 Å². The molecule has 0 bridgehead atoms. The summed E-state index contributed by atoms with van der Waals surface area (Å²) in [5.74, 6) is -0.743. The number of imide groups is 1. The minimum atomic E-state index is -0.727. The number of Topliss-reactive ketones (excluding diaryl/α,β-unsaturated/α-hetero) is 1. The summed E-state index contributed by atoms with van der Waals surface area (Å²) in [6.07, 6.45) is 3.86. The number of ether oxygens (including phenoxy) is 2. The Morgan fingerprint density at radius 1 is 0.903 bits per heavy atom. The van der Waals surface area contributed by atoms with Crippen molar-refractivity contribution >= 4 is 35.0 Å². The number of hydrogen-bond acceptors (Lipinski definition) is 6. The average molecular weight is 418 g/mol. The van der Waals surface area contributed by atoms with E-state index in [1.807, 2.05) is 35.3 Å². The van der Waals surface area contributed by atoms with Crippen LogP contribution in [0.15, 0.2) is 48.5 Å². The van der Waals surface area contributed by atoms with E-state index < -0.39 is 17.9 Å². The van der Waals surface area contributed by atoms with Gasteiger partial charge in [0.15, 0.2) is 5.78 Å². The largest absolute Gasteiger partial charge is 0.497 e. The fourth-order valence-electron chi connectivity index (χ4n) is 5.12. The van der Waals surface area contributed by atoms with Crippen LogP contribution in [0.3, 0.4) is 0 Å². The number of rotatable bonds is 4. The van der Waals surface area contributed by atoms with Crippen LogP contribution in [0.4, 0.5) is 11.4 Å². The van der Waals surface area contributed by atoms with Crippen LogP contribution in [0.1, 0.15) is 12.5 Å². The molecule has 3 aliphatic rings. The van der Waals surface area contributed by atoms with Gasteiger partial charge >= 0.3 is 0 Å². The standard InChI is InChI=1S/C24H22N2O5/c1-13(27)22-21-20(19-10-4-14-12-17(31-3)9-11-18(14)26(19)22)23(28)25(24(21)29)15-5-7-16(30-2)8-6-15/h4-12,19-22H,1-3H3/t19-,20+,21-,22+/m1/s1. The Labute approximate surface area is 179 Å². The molecule has 4 atom stereocenters. The van der Waals surface area contributed by atoms with Crippen molar-refractivity contribution in [3.05, 3.63) is 54.1 Å². The minimum Gasteiger partial charge on any atom is -0.497 e. The Balaban J connectivity index is 1.58. The highest BCUT2D eigenvalue weighted by Crippen LogP contribution is 2.49. The molecule has 0 radical (unpaired) electrons. The van der Waals surface area contributed by atoms with Crippen molar-refractivity contribution in [2.45, 2.75) is 19.0 Å². The van der Waals surface area contributed by atoms with Gasteiger partial charge in [-0.3, -0.25) is 14.4 Å². The van der Waals surface area contributed by atoms with Crippen molar-refractivity contribution < 1.29 is 23.9 Å². The Kier molecular flexibility index (Phi) is 4.36. The van der Waals surface area contributed by atoms with Crippen molar-refractivity contribution in [2.24, 2.45) is 11.8 Å². The van der Waals surface area contributed by atoms with Crippen LogP contribution in [0, 0.1) is 11.8 Å². The summed E-state index contributed by atoms with van der Waals surface area (Å²) in [5, 5.41) is 0. The monoisotopic (exact) mass is 418 g/mol. The summed E-state index contributed by atoms with van der Waals surface area (Å²) >= 11 is 0. The number of benzene rings is 2. The summed E-state index contributed by atoms with van der Waals surface area (Å²) < 4.78 is 10.5. The van der Waals surface area contributed by atoms with Gasteiger partial charge in [0.1, 0.15) is 17.5 Å². The van der Waals surface area contributed by atoms with Crippen LogP contribution in [0.5, 0.6) is 11.5 Å². The Bertz CT molecular complexity index is 1120. The molecule has 0 N–H and O–H groups in total. The maximum Gasteiger partial charge on any atom is 0.240 e. The van der Waals surface area contributed by atoms with E-state index in [0.29, 0.717) is 17.2 Å². The van der Waals surface area contributed by atoms with Crippen molar-refractivity contribution in [1.82, 2.24) is 0 Å². The number of ketones is 1. The first kappa shape index (κ1) is 19.4. The second kappa shape index (κ2) is 6.97. The van der Waals surface area contributed by atoms with Gasteiger partial charge in [-0.1, -0.05) is 12.2 Å². The molecule has 31 heavy (non-hydrogen) atoms. The van der Waals surface area contributed by atoms with Gasteiger partial charge in [0.25, 0.3) is 0 Å². The van der Waals surface area contributed by atoms with E-state index >= 15 is 0 Å². The third-order valence-corrected chi connectivity index (χ3v) is 6.46. The first-order chi connectivity index (χ1) is 15.0. The van der Waals surface area contributed by atoms with Crippen molar-refractivity contribution in [1.29, 1.82) is 0 Å². The molecule has 2 aromatic carbocycles. The number of methoxy groups -OCH3 is 2. The van der Waals surface area contributed by atoms with Gasteiger partial charge in [-0.25, -0.2) is 4.90 Å². The molecule has 2 aromatic rings. The van der Waals surface area contributed by atoms with Crippen LogP contribution < -0.4 is 19.3 Å². The lowest BCUT2D eigenvalue weighted by atomic mass is 9.88. The van der Waals surface area contributed by atoms with Gasteiger partial charge in [0.2, 0.25) is 11.8 Å². The van der Waals surface area contributed by atoms with Gasteiger partial charge in [-0.05, 0) is 49.4 Å². The van der Waals surface area contributed by atoms with E-state index in [9.17, 15) is 14.4 Å². The molecular formula is C24H22N2O5. The predicted octanol–water partition coefficient (Wildman–Crippen LogP) is 2.68. The fraction of sp³-hybridized carbons (Fsp3) is 0.292. The topological polar surface area (TPSA) is 76.2 Å². The third-order valence-electron chi connectivity index (χ3n) is 6.46. The van der Waals surface area contributed by atoms with Gasteiger partial charge in [-0.2, -0.15) is 0 Å². The van der Waals surface area contributed by atoms with Gasteiger partial charge < -0.3 is 14.4 Å². The summed E-state index contributed by atoms with van der Waals surface area (Å²) in [7, 11) is 3.15. The molecule has 0 saturated carbocycles. The fourth-order valence-corrected chi connectivity index (χ4v) is 5.12. The maximum absolute atomic E-state index is 13.5. The Hall–Kier alpha value is -3.61. The molecule has 3 heterocycles. The van der Waals surface area contributed by atoms with Crippen LogP contribution in [-0.2, 0) is 14.4 Å². The highest BCUT2D eigenvalue weighted by Gasteiger charge is 2.63. The molecule has 0 unspecified atom stereocenters. The zero-order valence-electron chi connectivity index (χ0n) is 17.4. The predicted molar refractivity (Wildman–Crippen MR) is 115 cm³/mol. The van der Waals surface area contributed by atoms with E-state index in [0.717, 1.165) is 11.3 Å². The van der Waals surface area contributed by atoms with E-state index in [1.165, 1.54) is 11.8 Å². The minimum absolute atomic E-state index is 0.132. The smallest absolute Gasteiger partial charge is 0.240 e. The number of hydrogen-bond donors (Lipinski definition) is 0. The van der Waals surface area contributed by atoms with Crippen LogP contribution in [-0.4, -0.2) is 43.9 Å². The third kappa shape index (κ3) is 2.69. The van der Waals surface area contributed by atoms with E-state index in [-0.39, 0.29) is 23.6 Å². The number of carbonyl (C=O) groups excluding carboxylic acids is 3. The molecule has 3 aliphatic heterocycles. The molecule has 5 rings (SSSR count). The molecule has 0 spiro atoms. The number of carbonyl (C=O) groups is 3. The van der Waals surface area contributed by atoms with E-state index in [1.54, 1.807) is 38.5 Å². The Morgan fingerprint density at radius 2 is 1.55 bits per heavy atom. The average Bonchev–Trinajstić information content (AvgIpc) is 3.26. The normalized spacial score (nSPS) is 25.9. The number of nitrogens with zero attached hydrogens (tertiary/aromatic N) is 2. The second-order valence-electron chi connectivity index (χ2n) is 8.00. The summed E-state index contributed by atoms with van der Waals surface area (Å²) in [6.45, 7) is 1.49. The molecular weight excluding hydrogens is 396 g/mol. The van der Waals surface area contributed by atoms with Crippen molar-refractivity contribution in [3.8, 4) is 11.5 Å². The molecule has 0 aromatic heterocycles. The lowest BCUT2D eigenvalue weighted by molar-refractivity contribution is -0.126. The SMILES string of the molecule is COc1ccc(N2C(=O)[C@@H]3[C@@H](C2=O)[C@H](C(C)=O)N2c4ccc(OC)cc4C=C[C@H]32)cc1. The first-order valence-electron chi connectivity index (χ1n) is 10.1. The quantitative estimate of drug-likeness (QED) is 0.711.